The molecule has 128 valence electrons. The Morgan fingerprint density at radius 2 is 1.88 bits per heavy atom. The van der Waals surface area contributed by atoms with Gasteiger partial charge in [-0.15, -0.1) is 0 Å². The van der Waals surface area contributed by atoms with Crippen LogP contribution in [0.15, 0.2) is 42.9 Å². The van der Waals surface area contributed by atoms with Gasteiger partial charge in [-0.25, -0.2) is 4.98 Å². The largest absolute Gasteiger partial charge is 0.489 e. The van der Waals surface area contributed by atoms with Gasteiger partial charge in [0.25, 0.3) is 0 Å². The van der Waals surface area contributed by atoms with Gasteiger partial charge in [-0.2, -0.15) is 0 Å². The second kappa shape index (κ2) is 7.39. The molecular formula is C20H27N3O. The summed E-state index contributed by atoms with van der Waals surface area (Å²) < 4.78 is 8.54. The Morgan fingerprint density at radius 3 is 2.71 bits per heavy atom. The summed E-state index contributed by atoms with van der Waals surface area (Å²) in [4.78, 5) is 6.94. The van der Waals surface area contributed by atoms with Crippen molar-refractivity contribution in [3.8, 4) is 5.75 Å². The summed E-state index contributed by atoms with van der Waals surface area (Å²) in [6.45, 7) is 3.10. The SMILES string of the molecule is c1ccc(O[C@@H]2CCN(Cc3cncn3C3CCCCC3)C2)cc1. The first kappa shape index (κ1) is 15.7. The van der Waals surface area contributed by atoms with Crippen molar-refractivity contribution >= 4 is 0 Å². The molecule has 1 aromatic heterocycles. The van der Waals surface area contributed by atoms with Gasteiger partial charge in [0.2, 0.25) is 0 Å². The number of para-hydroxylation sites is 1. The second-order valence-corrected chi connectivity index (χ2v) is 7.16. The maximum Gasteiger partial charge on any atom is 0.119 e. The van der Waals surface area contributed by atoms with Gasteiger partial charge in [-0.3, -0.25) is 4.90 Å². The van der Waals surface area contributed by atoms with Gasteiger partial charge in [-0.05, 0) is 31.4 Å². The number of likely N-dealkylation sites (tertiary alicyclic amines) is 1. The summed E-state index contributed by atoms with van der Waals surface area (Å²) in [6, 6.07) is 10.8. The highest BCUT2D eigenvalue weighted by Crippen LogP contribution is 2.29. The summed E-state index contributed by atoms with van der Waals surface area (Å²) in [7, 11) is 0. The molecule has 0 bridgehead atoms. The minimum absolute atomic E-state index is 0.304. The minimum Gasteiger partial charge on any atom is -0.489 e. The molecule has 1 atom stereocenters. The van der Waals surface area contributed by atoms with Crippen LogP contribution in [0.5, 0.6) is 5.75 Å². The predicted molar refractivity (Wildman–Crippen MR) is 95.1 cm³/mol. The summed E-state index contributed by atoms with van der Waals surface area (Å²) in [5, 5.41) is 0. The van der Waals surface area contributed by atoms with Gasteiger partial charge in [0.05, 0.1) is 12.0 Å². The number of aromatic nitrogens is 2. The number of hydrogen-bond donors (Lipinski definition) is 0. The smallest absolute Gasteiger partial charge is 0.119 e. The normalized spacial score (nSPS) is 22.8. The van der Waals surface area contributed by atoms with Gasteiger partial charge >= 0.3 is 0 Å². The maximum atomic E-state index is 6.11. The van der Waals surface area contributed by atoms with E-state index < -0.39 is 0 Å². The molecule has 2 aromatic rings. The number of rotatable bonds is 5. The quantitative estimate of drug-likeness (QED) is 0.831. The number of imidazole rings is 1. The van der Waals surface area contributed by atoms with Crippen LogP contribution < -0.4 is 4.74 Å². The Kier molecular flexibility index (Phi) is 4.83. The molecule has 1 saturated carbocycles. The lowest BCUT2D eigenvalue weighted by molar-refractivity contribution is 0.196. The average molecular weight is 325 g/mol. The molecule has 0 radical (unpaired) electrons. The van der Waals surface area contributed by atoms with E-state index in [0.29, 0.717) is 12.1 Å². The Hall–Kier alpha value is -1.81. The van der Waals surface area contributed by atoms with Gasteiger partial charge in [-0.1, -0.05) is 37.5 Å². The van der Waals surface area contributed by atoms with Crippen molar-refractivity contribution in [1.29, 1.82) is 0 Å². The van der Waals surface area contributed by atoms with Crippen LogP contribution in [0, 0.1) is 0 Å². The molecule has 1 aromatic carbocycles. The first-order valence-electron chi connectivity index (χ1n) is 9.33. The van der Waals surface area contributed by atoms with E-state index >= 15 is 0 Å². The highest BCUT2D eigenvalue weighted by Gasteiger charge is 2.26. The molecular weight excluding hydrogens is 298 g/mol. The molecule has 24 heavy (non-hydrogen) atoms. The van der Waals surface area contributed by atoms with Crippen LogP contribution in [0.1, 0.15) is 50.3 Å². The fourth-order valence-corrected chi connectivity index (χ4v) is 4.10. The molecule has 4 heteroatoms. The number of hydrogen-bond acceptors (Lipinski definition) is 3. The highest BCUT2D eigenvalue weighted by atomic mass is 16.5. The second-order valence-electron chi connectivity index (χ2n) is 7.16. The van der Waals surface area contributed by atoms with E-state index in [1.807, 2.05) is 36.7 Å². The zero-order chi connectivity index (χ0) is 16.2. The van der Waals surface area contributed by atoms with Crippen LogP contribution in [0.2, 0.25) is 0 Å². The van der Waals surface area contributed by atoms with Crippen LogP contribution in [-0.2, 0) is 6.54 Å². The van der Waals surface area contributed by atoms with Crippen LogP contribution >= 0.6 is 0 Å². The van der Waals surface area contributed by atoms with Crippen LogP contribution in [-0.4, -0.2) is 33.6 Å². The summed E-state index contributed by atoms with van der Waals surface area (Å²) >= 11 is 0. The molecule has 2 fully saturated rings. The monoisotopic (exact) mass is 325 g/mol. The van der Waals surface area contributed by atoms with Crippen molar-refractivity contribution < 1.29 is 4.74 Å². The molecule has 1 aliphatic heterocycles. The fourth-order valence-electron chi connectivity index (χ4n) is 4.10. The van der Waals surface area contributed by atoms with Crippen molar-refractivity contribution in [1.82, 2.24) is 14.5 Å². The topological polar surface area (TPSA) is 30.3 Å². The third kappa shape index (κ3) is 3.64. The summed E-state index contributed by atoms with van der Waals surface area (Å²) in [6.07, 6.45) is 12.2. The average Bonchev–Trinajstić information content (AvgIpc) is 3.27. The number of benzene rings is 1. The van der Waals surface area contributed by atoms with Gasteiger partial charge < -0.3 is 9.30 Å². The Balaban J connectivity index is 1.34. The molecule has 4 rings (SSSR count). The summed E-state index contributed by atoms with van der Waals surface area (Å²) in [5.74, 6) is 0.983. The van der Waals surface area contributed by atoms with Crippen molar-refractivity contribution in [2.75, 3.05) is 13.1 Å². The Labute approximate surface area is 144 Å². The zero-order valence-corrected chi connectivity index (χ0v) is 14.3. The van der Waals surface area contributed by atoms with Gasteiger partial charge in [0.1, 0.15) is 11.9 Å². The van der Waals surface area contributed by atoms with E-state index in [-0.39, 0.29) is 0 Å². The van der Waals surface area contributed by atoms with Crippen molar-refractivity contribution in [3.63, 3.8) is 0 Å². The van der Waals surface area contributed by atoms with E-state index in [9.17, 15) is 0 Å². The third-order valence-corrected chi connectivity index (χ3v) is 5.38. The van der Waals surface area contributed by atoms with E-state index in [4.69, 9.17) is 4.74 Å². The van der Waals surface area contributed by atoms with Crippen LogP contribution in [0.25, 0.3) is 0 Å². The van der Waals surface area contributed by atoms with E-state index in [1.54, 1.807) is 0 Å². The Morgan fingerprint density at radius 1 is 1.04 bits per heavy atom. The van der Waals surface area contributed by atoms with E-state index in [2.05, 4.69) is 20.6 Å². The van der Waals surface area contributed by atoms with E-state index in [1.165, 1.54) is 37.8 Å². The molecule has 1 aliphatic carbocycles. The minimum atomic E-state index is 0.304. The molecule has 2 aliphatic rings. The predicted octanol–water partition coefficient (Wildman–Crippen LogP) is 4.04. The van der Waals surface area contributed by atoms with Crippen molar-refractivity contribution in [2.24, 2.45) is 0 Å². The molecule has 0 amide bonds. The Bertz CT molecular complexity index is 633. The molecule has 4 nitrogen and oxygen atoms in total. The first-order valence-corrected chi connectivity index (χ1v) is 9.33. The molecule has 0 spiro atoms. The van der Waals surface area contributed by atoms with Gasteiger partial charge in [0, 0.05) is 31.9 Å². The van der Waals surface area contributed by atoms with Crippen LogP contribution in [0.3, 0.4) is 0 Å². The molecule has 0 unspecified atom stereocenters. The fraction of sp³-hybridized carbons (Fsp3) is 0.550. The highest BCUT2D eigenvalue weighted by molar-refractivity contribution is 5.21. The summed E-state index contributed by atoms with van der Waals surface area (Å²) in [5.41, 5.74) is 1.36. The third-order valence-electron chi connectivity index (χ3n) is 5.38. The lowest BCUT2D eigenvalue weighted by atomic mass is 9.95. The maximum absolute atomic E-state index is 6.11. The lowest BCUT2D eigenvalue weighted by Crippen LogP contribution is -2.26. The standard InChI is InChI=1S/C20H27N3O/c1-3-7-17(8-4-1)23-16-21-13-18(23)14-22-12-11-20(15-22)24-19-9-5-2-6-10-19/h2,5-6,9-10,13,16-17,20H,1,3-4,7-8,11-12,14-15H2/t20-/m1/s1. The van der Waals surface area contributed by atoms with Gasteiger partial charge in [0.15, 0.2) is 0 Å². The van der Waals surface area contributed by atoms with Crippen molar-refractivity contribution in [3.05, 3.63) is 48.5 Å². The number of nitrogens with zero attached hydrogens (tertiary/aromatic N) is 3. The molecule has 2 heterocycles. The van der Waals surface area contributed by atoms with E-state index in [0.717, 1.165) is 31.8 Å². The lowest BCUT2D eigenvalue weighted by Gasteiger charge is -2.26. The van der Waals surface area contributed by atoms with Crippen LogP contribution in [0.4, 0.5) is 0 Å². The zero-order valence-electron chi connectivity index (χ0n) is 14.3. The first-order chi connectivity index (χ1) is 11.9. The molecule has 0 N–H and O–H groups in total. The number of ether oxygens (including phenoxy) is 1. The molecule has 1 saturated heterocycles. The van der Waals surface area contributed by atoms with Crippen molar-refractivity contribution in [2.45, 2.75) is 57.2 Å².